The third kappa shape index (κ3) is 2.98. The van der Waals surface area contributed by atoms with Gasteiger partial charge in [0.05, 0.1) is 16.4 Å². The van der Waals surface area contributed by atoms with Crippen molar-refractivity contribution in [3.63, 3.8) is 0 Å². The van der Waals surface area contributed by atoms with Gasteiger partial charge in [-0.25, -0.2) is 12.8 Å². The summed E-state index contributed by atoms with van der Waals surface area (Å²) >= 11 is 11.3. The average molecular weight is 335 g/mol. The maximum absolute atomic E-state index is 13.7. The highest BCUT2D eigenvalue weighted by atomic mass is 35.5. The summed E-state index contributed by atoms with van der Waals surface area (Å²) in [6.45, 7) is 0. The van der Waals surface area contributed by atoms with Crippen molar-refractivity contribution in [3.05, 3.63) is 52.3 Å². The van der Waals surface area contributed by atoms with Crippen LogP contribution in [0.4, 0.5) is 15.8 Å². The zero-order chi connectivity index (χ0) is 14.9. The number of rotatable bonds is 3. The van der Waals surface area contributed by atoms with E-state index in [-0.39, 0.29) is 21.3 Å². The number of nitrogens with two attached hydrogens (primary N) is 1. The molecule has 2 aromatic rings. The quantitative estimate of drug-likeness (QED) is 0.843. The van der Waals surface area contributed by atoms with Crippen LogP contribution in [0.5, 0.6) is 0 Å². The minimum atomic E-state index is -4.03. The van der Waals surface area contributed by atoms with E-state index in [0.717, 1.165) is 0 Å². The molecule has 0 spiro atoms. The van der Waals surface area contributed by atoms with E-state index in [2.05, 4.69) is 4.72 Å². The van der Waals surface area contributed by atoms with Crippen molar-refractivity contribution in [3.8, 4) is 0 Å². The maximum atomic E-state index is 13.7. The third-order valence-corrected chi connectivity index (χ3v) is 4.42. The van der Waals surface area contributed by atoms with Crippen molar-refractivity contribution in [2.75, 3.05) is 10.5 Å². The molecule has 0 fully saturated rings. The molecule has 0 aliphatic heterocycles. The largest absolute Gasteiger partial charge is 0.398 e. The highest BCUT2D eigenvalue weighted by molar-refractivity contribution is 7.92. The molecular weight excluding hydrogens is 326 g/mol. The molecule has 2 aromatic carbocycles. The van der Waals surface area contributed by atoms with Gasteiger partial charge < -0.3 is 5.73 Å². The first-order valence-corrected chi connectivity index (χ1v) is 7.57. The lowest BCUT2D eigenvalue weighted by atomic mass is 10.3. The van der Waals surface area contributed by atoms with E-state index < -0.39 is 15.8 Å². The fourth-order valence-corrected chi connectivity index (χ4v) is 3.08. The summed E-state index contributed by atoms with van der Waals surface area (Å²) in [6, 6.07) is 7.90. The fourth-order valence-electron chi connectivity index (χ4n) is 1.55. The van der Waals surface area contributed by atoms with Gasteiger partial charge in [-0.15, -0.1) is 0 Å². The summed E-state index contributed by atoms with van der Waals surface area (Å²) < 4.78 is 40.1. The van der Waals surface area contributed by atoms with Crippen molar-refractivity contribution in [2.24, 2.45) is 0 Å². The Morgan fingerprint density at radius 2 is 1.85 bits per heavy atom. The Balaban J connectivity index is 2.44. The Hall–Kier alpha value is -1.50. The number of halogens is 3. The molecule has 0 aliphatic carbocycles. The maximum Gasteiger partial charge on any atom is 0.264 e. The molecule has 20 heavy (non-hydrogen) atoms. The average Bonchev–Trinajstić information content (AvgIpc) is 2.34. The van der Waals surface area contributed by atoms with Crippen LogP contribution in [-0.4, -0.2) is 8.42 Å². The summed E-state index contributed by atoms with van der Waals surface area (Å²) in [5, 5.41) is 0.115. The number of hydrogen-bond donors (Lipinski definition) is 2. The minimum Gasteiger partial charge on any atom is -0.398 e. The van der Waals surface area contributed by atoms with E-state index in [9.17, 15) is 12.8 Å². The second-order valence-electron chi connectivity index (χ2n) is 3.89. The zero-order valence-electron chi connectivity index (χ0n) is 9.90. The van der Waals surface area contributed by atoms with Gasteiger partial charge >= 0.3 is 0 Å². The second kappa shape index (κ2) is 5.47. The number of sulfonamides is 1. The standard InChI is InChI=1S/C12H9Cl2FN2O2S/c13-7-4-5-11(9(16)6-7)20(18,19)17-10-3-1-2-8(14)12(10)15/h1-6,17H,16H2. The van der Waals surface area contributed by atoms with Crippen LogP contribution in [0.2, 0.25) is 10.0 Å². The molecule has 8 heteroatoms. The van der Waals surface area contributed by atoms with Crippen molar-refractivity contribution in [2.45, 2.75) is 4.90 Å². The highest BCUT2D eigenvalue weighted by Gasteiger charge is 2.20. The van der Waals surface area contributed by atoms with Crippen LogP contribution in [0.3, 0.4) is 0 Å². The summed E-state index contributed by atoms with van der Waals surface area (Å²) in [7, 11) is -4.03. The van der Waals surface area contributed by atoms with Gasteiger partial charge in [-0.2, -0.15) is 0 Å². The van der Waals surface area contributed by atoms with Crippen LogP contribution >= 0.6 is 23.2 Å². The van der Waals surface area contributed by atoms with Gasteiger partial charge in [0, 0.05) is 5.02 Å². The van der Waals surface area contributed by atoms with Crippen molar-refractivity contribution in [1.82, 2.24) is 0 Å². The summed E-state index contributed by atoms with van der Waals surface area (Å²) in [5.74, 6) is -0.856. The van der Waals surface area contributed by atoms with E-state index in [0.29, 0.717) is 5.02 Å². The zero-order valence-corrected chi connectivity index (χ0v) is 12.2. The van der Waals surface area contributed by atoms with Gasteiger partial charge in [0.25, 0.3) is 10.0 Å². The first-order chi connectivity index (χ1) is 9.31. The summed E-state index contributed by atoms with van der Waals surface area (Å²) in [5.41, 5.74) is 5.31. The van der Waals surface area contributed by atoms with Crippen molar-refractivity contribution >= 4 is 44.6 Å². The van der Waals surface area contributed by atoms with Crippen molar-refractivity contribution < 1.29 is 12.8 Å². The summed E-state index contributed by atoms with van der Waals surface area (Å²) in [4.78, 5) is -0.193. The van der Waals surface area contributed by atoms with Crippen LogP contribution in [0, 0.1) is 5.82 Å². The van der Waals surface area contributed by atoms with E-state index >= 15 is 0 Å². The molecule has 3 N–H and O–H groups in total. The highest BCUT2D eigenvalue weighted by Crippen LogP contribution is 2.27. The van der Waals surface area contributed by atoms with Gasteiger partial charge in [0.2, 0.25) is 0 Å². The first kappa shape index (κ1) is 14.9. The Kier molecular flexibility index (Phi) is 4.08. The molecule has 0 heterocycles. The number of hydrogen-bond acceptors (Lipinski definition) is 3. The topological polar surface area (TPSA) is 72.2 Å². The SMILES string of the molecule is Nc1cc(Cl)ccc1S(=O)(=O)Nc1cccc(Cl)c1F. The van der Waals surface area contributed by atoms with Gasteiger partial charge in [-0.05, 0) is 30.3 Å². The first-order valence-electron chi connectivity index (χ1n) is 5.33. The number of nitrogen functional groups attached to an aromatic ring is 1. The van der Waals surface area contributed by atoms with Gasteiger partial charge in [0.15, 0.2) is 5.82 Å². The molecule has 0 unspecified atom stereocenters. The van der Waals surface area contributed by atoms with Crippen LogP contribution in [0.15, 0.2) is 41.3 Å². The molecule has 0 saturated heterocycles. The van der Waals surface area contributed by atoms with Gasteiger partial charge in [-0.3, -0.25) is 4.72 Å². The Morgan fingerprint density at radius 3 is 2.50 bits per heavy atom. The van der Waals surface area contributed by atoms with Crippen molar-refractivity contribution in [1.29, 1.82) is 0 Å². The van der Waals surface area contributed by atoms with E-state index in [1.54, 1.807) is 0 Å². The predicted octanol–water partition coefficient (Wildman–Crippen LogP) is 3.52. The number of nitrogens with one attached hydrogen (secondary N) is 1. The normalized spacial score (nSPS) is 11.3. The molecule has 2 rings (SSSR count). The predicted molar refractivity (Wildman–Crippen MR) is 78.1 cm³/mol. The van der Waals surface area contributed by atoms with Crippen LogP contribution in [0.1, 0.15) is 0 Å². The van der Waals surface area contributed by atoms with E-state index in [1.165, 1.54) is 36.4 Å². The van der Waals surface area contributed by atoms with Crippen LogP contribution in [0.25, 0.3) is 0 Å². The van der Waals surface area contributed by atoms with E-state index in [4.69, 9.17) is 28.9 Å². The molecular formula is C12H9Cl2FN2O2S. The van der Waals surface area contributed by atoms with Crippen LogP contribution in [-0.2, 0) is 10.0 Å². The number of benzene rings is 2. The monoisotopic (exact) mass is 334 g/mol. The molecule has 106 valence electrons. The lowest BCUT2D eigenvalue weighted by molar-refractivity contribution is 0.599. The molecule has 0 aromatic heterocycles. The third-order valence-electron chi connectivity index (χ3n) is 2.46. The molecule has 0 saturated carbocycles. The summed E-state index contributed by atoms with van der Waals surface area (Å²) in [6.07, 6.45) is 0. The molecule has 0 aliphatic rings. The Labute approximate surface area is 125 Å². The molecule has 0 radical (unpaired) electrons. The fraction of sp³-hybridized carbons (Fsp3) is 0. The molecule has 4 nitrogen and oxygen atoms in total. The lowest BCUT2D eigenvalue weighted by Gasteiger charge is -2.11. The minimum absolute atomic E-state index is 0.0348. The van der Waals surface area contributed by atoms with Gasteiger partial charge in [-0.1, -0.05) is 29.3 Å². The second-order valence-corrected chi connectivity index (χ2v) is 6.38. The van der Waals surface area contributed by atoms with E-state index in [1.807, 2.05) is 0 Å². The number of anilines is 2. The molecule has 0 amide bonds. The van der Waals surface area contributed by atoms with Gasteiger partial charge in [0.1, 0.15) is 4.90 Å². The molecule has 0 bridgehead atoms. The Morgan fingerprint density at radius 1 is 1.15 bits per heavy atom. The smallest absolute Gasteiger partial charge is 0.264 e. The van der Waals surface area contributed by atoms with Crippen LogP contribution < -0.4 is 10.5 Å². The molecule has 0 atom stereocenters. The Bertz CT molecular complexity index is 766. The lowest BCUT2D eigenvalue weighted by Crippen LogP contribution is -2.15.